The van der Waals surface area contributed by atoms with Crippen molar-refractivity contribution >= 4 is 0 Å². The Labute approximate surface area is 146 Å². The molecular formula is C23H42. The summed E-state index contributed by atoms with van der Waals surface area (Å²) >= 11 is 0. The van der Waals surface area contributed by atoms with Crippen LogP contribution in [0.15, 0.2) is 0 Å². The highest BCUT2D eigenvalue weighted by Crippen LogP contribution is 2.41. The van der Waals surface area contributed by atoms with E-state index in [1.165, 1.54) is 57.8 Å². The fourth-order valence-electron chi connectivity index (χ4n) is 6.21. The maximum atomic E-state index is 1.59. The highest BCUT2D eigenvalue weighted by atomic mass is 14.3. The van der Waals surface area contributed by atoms with Crippen LogP contribution in [0.25, 0.3) is 0 Å². The van der Waals surface area contributed by atoms with Crippen molar-refractivity contribution in [1.29, 1.82) is 0 Å². The third kappa shape index (κ3) is 5.79. The van der Waals surface area contributed by atoms with E-state index in [1.807, 2.05) is 0 Å². The van der Waals surface area contributed by atoms with Crippen LogP contribution >= 0.6 is 0 Å². The molecule has 0 heteroatoms. The average molecular weight is 319 g/mol. The summed E-state index contributed by atoms with van der Waals surface area (Å²) in [6, 6.07) is 0. The fourth-order valence-corrected chi connectivity index (χ4v) is 6.21. The van der Waals surface area contributed by atoms with E-state index in [-0.39, 0.29) is 0 Å². The second-order valence-electron chi connectivity index (χ2n) is 9.24. The van der Waals surface area contributed by atoms with Crippen molar-refractivity contribution in [1.82, 2.24) is 0 Å². The summed E-state index contributed by atoms with van der Waals surface area (Å²) in [4.78, 5) is 0. The molecule has 0 heterocycles. The Morgan fingerprint density at radius 2 is 0.435 bits per heavy atom. The van der Waals surface area contributed by atoms with Gasteiger partial charge in [-0.2, -0.15) is 0 Å². The fraction of sp³-hybridized carbons (Fsp3) is 1.00. The van der Waals surface area contributed by atoms with Crippen LogP contribution in [0.5, 0.6) is 0 Å². The van der Waals surface area contributed by atoms with E-state index < -0.39 is 0 Å². The lowest BCUT2D eigenvalue weighted by atomic mass is 9.76. The molecular weight excluding hydrogens is 276 g/mol. The van der Waals surface area contributed by atoms with Gasteiger partial charge >= 0.3 is 0 Å². The summed E-state index contributed by atoms with van der Waals surface area (Å²) in [5.41, 5.74) is 0. The minimum atomic E-state index is 1.09. The molecule has 0 amide bonds. The van der Waals surface area contributed by atoms with Crippen LogP contribution in [0.3, 0.4) is 0 Å². The maximum Gasteiger partial charge on any atom is -0.0386 e. The van der Waals surface area contributed by atoms with Gasteiger partial charge in [0.2, 0.25) is 0 Å². The van der Waals surface area contributed by atoms with E-state index >= 15 is 0 Å². The lowest BCUT2D eigenvalue weighted by molar-refractivity contribution is 0.218. The zero-order valence-corrected chi connectivity index (χ0v) is 15.7. The monoisotopic (exact) mass is 318 g/mol. The van der Waals surface area contributed by atoms with Gasteiger partial charge in [0.15, 0.2) is 0 Å². The zero-order valence-electron chi connectivity index (χ0n) is 15.7. The Bertz CT molecular complexity index is 291. The standard InChI is InChI=1S/C23H42/c1-2-4-7-13-20(12-6-3-1)22-14-8-5-9-15-23(19-18-22)21-16-10-11-17-21/h20-23H,1-19H2. The molecule has 0 saturated heterocycles. The minimum Gasteiger partial charge on any atom is -0.0533 e. The zero-order chi connectivity index (χ0) is 15.7. The Kier molecular flexibility index (Phi) is 7.82. The van der Waals surface area contributed by atoms with Crippen molar-refractivity contribution in [3.63, 3.8) is 0 Å². The highest BCUT2D eigenvalue weighted by Gasteiger charge is 2.28. The quantitative estimate of drug-likeness (QED) is 0.485. The molecule has 2 unspecified atom stereocenters. The first-order chi connectivity index (χ1) is 11.4. The lowest BCUT2D eigenvalue weighted by Gasteiger charge is -2.29. The molecule has 0 N–H and O–H groups in total. The summed E-state index contributed by atoms with van der Waals surface area (Å²) in [6.07, 6.45) is 29.4. The molecule has 2 atom stereocenters. The predicted octanol–water partition coefficient (Wildman–Crippen LogP) is 7.90. The van der Waals surface area contributed by atoms with Crippen molar-refractivity contribution in [2.24, 2.45) is 23.7 Å². The number of hydrogen-bond acceptors (Lipinski definition) is 0. The molecule has 0 aliphatic heterocycles. The van der Waals surface area contributed by atoms with Crippen LogP contribution in [0.2, 0.25) is 0 Å². The van der Waals surface area contributed by atoms with Crippen molar-refractivity contribution in [3.05, 3.63) is 0 Å². The van der Waals surface area contributed by atoms with Gasteiger partial charge in [-0.05, 0) is 36.5 Å². The molecule has 0 bridgehead atoms. The van der Waals surface area contributed by atoms with Gasteiger partial charge < -0.3 is 0 Å². The van der Waals surface area contributed by atoms with Crippen LogP contribution in [0.1, 0.15) is 122 Å². The number of rotatable bonds is 2. The molecule has 134 valence electrons. The smallest absolute Gasteiger partial charge is 0.0386 e. The van der Waals surface area contributed by atoms with Crippen molar-refractivity contribution in [3.8, 4) is 0 Å². The molecule has 0 aromatic heterocycles. The molecule has 0 aromatic rings. The molecule has 3 aliphatic rings. The Morgan fingerprint density at radius 3 is 0.826 bits per heavy atom. The van der Waals surface area contributed by atoms with Crippen LogP contribution in [0.4, 0.5) is 0 Å². The average Bonchev–Trinajstić information content (AvgIpc) is 3.14. The molecule has 0 radical (unpaired) electrons. The van der Waals surface area contributed by atoms with E-state index in [0.29, 0.717) is 0 Å². The van der Waals surface area contributed by atoms with Gasteiger partial charge in [-0.1, -0.05) is 109 Å². The van der Waals surface area contributed by atoms with Crippen molar-refractivity contribution in [2.45, 2.75) is 122 Å². The molecule has 3 rings (SSSR count). The van der Waals surface area contributed by atoms with Crippen molar-refractivity contribution in [2.75, 3.05) is 0 Å². The second kappa shape index (κ2) is 10.1. The maximum absolute atomic E-state index is 1.59. The third-order valence-electron chi connectivity index (χ3n) is 7.69. The van der Waals surface area contributed by atoms with Gasteiger partial charge in [-0.15, -0.1) is 0 Å². The topological polar surface area (TPSA) is 0 Å². The summed E-state index contributed by atoms with van der Waals surface area (Å²) in [5.74, 6) is 4.41. The molecule has 3 saturated carbocycles. The Hall–Kier alpha value is 0. The first-order valence-electron chi connectivity index (χ1n) is 11.4. The van der Waals surface area contributed by atoms with Gasteiger partial charge in [0.25, 0.3) is 0 Å². The molecule has 3 aliphatic carbocycles. The predicted molar refractivity (Wildman–Crippen MR) is 102 cm³/mol. The van der Waals surface area contributed by atoms with Gasteiger partial charge in [0.1, 0.15) is 0 Å². The first kappa shape index (κ1) is 17.8. The van der Waals surface area contributed by atoms with Gasteiger partial charge in [0, 0.05) is 0 Å². The second-order valence-corrected chi connectivity index (χ2v) is 9.24. The van der Waals surface area contributed by atoms with Gasteiger partial charge in [-0.25, -0.2) is 0 Å². The molecule has 23 heavy (non-hydrogen) atoms. The third-order valence-corrected chi connectivity index (χ3v) is 7.69. The normalized spacial score (nSPS) is 33.9. The van der Waals surface area contributed by atoms with Crippen LogP contribution in [-0.2, 0) is 0 Å². The van der Waals surface area contributed by atoms with E-state index in [1.54, 1.807) is 64.2 Å². The van der Waals surface area contributed by atoms with Crippen molar-refractivity contribution < 1.29 is 0 Å². The van der Waals surface area contributed by atoms with E-state index in [4.69, 9.17) is 0 Å². The van der Waals surface area contributed by atoms with Crippen LogP contribution in [-0.4, -0.2) is 0 Å². The van der Waals surface area contributed by atoms with Gasteiger partial charge in [0.05, 0.1) is 0 Å². The van der Waals surface area contributed by atoms with E-state index in [9.17, 15) is 0 Å². The minimum absolute atomic E-state index is 1.09. The SMILES string of the molecule is C1CCCCC(C2CCCCCC(C3CCCC3)CC2)CCC1. The summed E-state index contributed by atoms with van der Waals surface area (Å²) in [7, 11) is 0. The highest BCUT2D eigenvalue weighted by molar-refractivity contribution is 4.80. The van der Waals surface area contributed by atoms with Crippen LogP contribution in [0, 0.1) is 23.7 Å². The van der Waals surface area contributed by atoms with E-state index in [0.717, 1.165) is 23.7 Å². The molecule has 0 spiro atoms. The first-order valence-corrected chi connectivity index (χ1v) is 11.4. The van der Waals surface area contributed by atoms with E-state index in [2.05, 4.69) is 0 Å². The Balaban J connectivity index is 1.55. The number of hydrogen-bond donors (Lipinski definition) is 0. The molecule has 3 fully saturated rings. The summed E-state index contributed by atoms with van der Waals surface area (Å²) in [6.45, 7) is 0. The van der Waals surface area contributed by atoms with Crippen LogP contribution < -0.4 is 0 Å². The molecule has 0 nitrogen and oxygen atoms in total. The van der Waals surface area contributed by atoms with Gasteiger partial charge in [-0.3, -0.25) is 0 Å². The summed E-state index contributed by atoms with van der Waals surface area (Å²) < 4.78 is 0. The lowest BCUT2D eigenvalue weighted by Crippen LogP contribution is -2.18. The Morgan fingerprint density at radius 1 is 0.217 bits per heavy atom. The molecule has 0 aromatic carbocycles. The largest absolute Gasteiger partial charge is 0.0533 e. The summed E-state index contributed by atoms with van der Waals surface area (Å²) in [5, 5.41) is 0.